The molecule has 0 bridgehead atoms. The number of halogens is 1. The molecule has 1 heterocycles. The van der Waals surface area contributed by atoms with Gasteiger partial charge in [-0.3, -0.25) is 9.89 Å². The number of H-pyrrole nitrogens is 1. The fourth-order valence-corrected chi connectivity index (χ4v) is 0.535. The van der Waals surface area contributed by atoms with E-state index in [0.717, 1.165) is 0 Å². The molecular formula is C4H4ClN3O. The average molecular weight is 146 g/mol. The number of aromatic nitrogens is 2. The van der Waals surface area contributed by atoms with Crippen molar-refractivity contribution in [1.29, 1.82) is 0 Å². The molecule has 0 aliphatic heterocycles. The topological polar surface area (TPSA) is 71.8 Å². The molecular weight excluding hydrogens is 142 g/mol. The number of hydrogen-bond donors (Lipinski definition) is 2. The van der Waals surface area contributed by atoms with E-state index in [1.807, 2.05) is 0 Å². The molecule has 9 heavy (non-hydrogen) atoms. The van der Waals surface area contributed by atoms with E-state index in [2.05, 4.69) is 10.2 Å². The number of carbonyl (C=O) groups is 1. The smallest absolute Gasteiger partial charge is 0.270 e. The summed E-state index contributed by atoms with van der Waals surface area (Å²) in [6, 6.07) is 1.37. The number of nitrogens with one attached hydrogen (secondary N) is 1. The normalized spacial score (nSPS) is 9.44. The van der Waals surface area contributed by atoms with E-state index >= 15 is 0 Å². The molecule has 1 aromatic rings. The average Bonchev–Trinajstić information content (AvgIpc) is 2.14. The molecule has 0 aliphatic rings. The third-order valence-electron chi connectivity index (χ3n) is 0.809. The van der Waals surface area contributed by atoms with Crippen LogP contribution in [-0.4, -0.2) is 15.4 Å². The Bertz CT molecular complexity index is 231. The van der Waals surface area contributed by atoms with Crippen LogP contribution in [0.4, 0.5) is 5.82 Å². The number of carbonyl (C=O) groups excluding carboxylic acids is 1. The Kier molecular flexibility index (Phi) is 1.40. The molecule has 5 heteroatoms. The number of nitrogens with two attached hydrogens (primary N) is 1. The van der Waals surface area contributed by atoms with Crippen molar-refractivity contribution in [2.45, 2.75) is 0 Å². The second kappa shape index (κ2) is 2.06. The van der Waals surface area contributed by atoms with Gasteiger partial charge in [0.2, 0.25) is 0 Å². The monoisotopic (exact) mass is 145 g/mol. The van der Waals surface area contributed by atoms with Crippen LogP contribution in [0.3, 0.4) is 0 Å². The van der Waals surface area contributed by atoms with Crippen molar-refractivity contribution in [1.82, 2.24) is 10.2 Å². The van der Waals surface area contributed by atoms with Crippen molar-refractivity contribution in [3.05, 3.63) is 11.8 Å². The van der Waals surface area contributed by atoms with Crippen LogP contribution in [0.2, 0.25) is 0 Å². The van der Waals surface area contributed by atoms with E-state index in [1.54, 1.807) is 0 Å². The van der Waals surface area contributed by atoms with Crippen LogP contribution >= 0.6 is 11.6 Å². The fourth-order valence-electron chi connectivity index (χ4n) is 0.438. The lowest BCUT2D eigenvalue weighted by Gasteiger charge is -1.77. The Labute approximate surface area is 56.0 Å². The first-order valence-corrected chi connectivity index (χ1v) is 2.58. The van der Waals surface area contributed by atoms with Gasteiger partial charge in [-0.25, -0.2) is 0 Å². The third kappa shape index (κ3) is 1.20. The van der Waals surface area contributed by atoms with E-state index < -0.39 is 5.24 Å². The second-order valence-corrected chi connectivity index (χ2v) is 1.82. The van der Waals surface area contributed by atoms with Crippen molar-refractivity contribution in [3.8, 4) is 0 Å². The lowest BCUT2D eigenvalue weighted by atomic mass is 10.5. The summed E-state index contributed by atoms with van der Waals surface area (Å²) < 4.78 is 0. The summed E-state index contributed by atoms with van der Waals surface area (Å²) in [6.07, 6.45) is 0. The zero-order chi connectivity index (χ0) is 6.85. The molecule has 3 N–H and O–H groups in total. The van der Waals surface area contributed by atoms with Gasteiger partial charge >= 0.3 is 0 Å². The molecule has 0 aliphatic carbocycles. The highest BCUT2D eigenvalue weighted by Gasteiger charge is 2.02. The minimum atomic E-state index is -0.584. The predicted octanol–water partition coefficient (Wildman–Crippen LogP) is 0.371. The Hall–Kier alpha value is -1.03. The number of hydrogen-bond acceptors (Lipinski definition) is 3. The van der Waals surface area contributed by atoms with Crippen LogP contribution in [0, 0.1) is 0 Å². The largest absolute Gasteiger partial charge is 0.382 e. The third-order valence-corrected chi connectivity index (χ3v) is 1.01. The van der Waals surface area contributed by atoms with Crippen molar-refractivity contribution in [2.75, 3.05) is 5.73 Å². The maximum absolute atomic E-state index is 10.3. The highest BCUT2D eigenvalue weighted by molar-refractivity contribution is 6.67. The van der Waals surface area contributed by atoms with E-state index in [4.69, 9.17) is 17.3 Å². The molecule has 4 nitrogen and oxygen atoms in total. The number of nitrogens with zero attached hydrogens (tertiary/aromatic N) is 1. The Morgan fingerprint density at radius 3 is 2.78 bits per heavy atom. The quantitative estimate of drug-likeness (QED) is 0.561. The van der Waals surface area contributed by atoms with Gasteiger partial charge in [-0.2, -0.15) is 5.10 Å². The summed E-state index contributed by atoms with van der Waals surface area (Å²) in [5, 5.41) is 5.25. The van der Waals surface area contributed by atoms with E-state index in [1.165, 1.54) is 6.07 Å². The molecule has 1 aromatic heterocycles. The zero-order valence-corrected chi connectivity index (χ0v) is 5.14. The molecule has 0 aromatic carbocycles. The Morgan fingerprint density at radius 2 is 2.56 bits per heavy atom. The van der Waals surface area contributed by atoms with Crippen LogP contribution in [-0.2, 0) is 0 Å². The van der Waals surface area contributed by atoms with Crippen LogP contribution in [0.25, 0.3) is 0 Å². The molecule has 0 spiro atoms. The zero-order valence-electron chi connectivity index (χ0n) is 4.39. The van der Waals surface area contributed by atoms with Gasteiger partial charge in [0.25, 0.3) is 5.24 Å². The van der Waals surface area contributed by atoms with Crippen molar-refractivity contribution in [2.24, 2.45) is 0 Å². The van der Waals surface area contributed by atoms with E-state index in [0.29, 0.717) is 0 Å². The molecule has 0 amide bonds. The lowest BCUT2D eigenvalue weighted by Crippen LogP contribution is -1.86. The molecule has 48 valence electrons. The molecule has 0 saturated heterocycles. The summed E-state index contributed by atoms with van der Waals surface area (Å²) in [4.78, 5) is 10.3. The van der Waals surface area contributed by atoms with Gasteiger partial charge in [-0.1, -0.05) is 0 Å². The number of aromatic amines is 1. The van der Waals surface area contributed by atoms with Gasteiger partial charge in [0, 0.05) is 6.07 Å². The molecule has 1 rings (SSSR count). The minimum Gasteiger partial charge on any atom is -0.382 e. The Balaban J connectivity index is 2.98. The van der Waals surface area contributed by atoms with Gasteiger partial charge in [0.1, 0.15) is 11.5 Å². The number of nitrogen functional groups attached to an aromatic ring is 1. The maximum atomic E-state index is 10.3. The summed E-state index contributed by atoms with van der Waals surface area (Å²) in [5.41, 5.74) is 5.38. The predicted molar refractivity (Wildman–Crippen MR) is 33.2 cm³/mol. The van der Waals surface area contributed by atoms with Crippen LogP contribution in [0.5, 0.6) is 0 Å². The summed E-state index contributed by atoms with van der Waals surface area (Å²) in [6.45, 7) is 0. The Morgan fingerprint density at radius 1 is 1.89 bits per heavy atom. The van der Waals surface area contributed by atoms with Gasteiger partial charge in [0.15, 0.2) is 0 Å². The summed E-state index contributed by atoms with van der Waals surface area (Å²) in [5.74, 6) is 0.263. The van der Waals surface area contributed by atoms with Crippen LogP contribution < -0.4 is 5.73 Å². The second-order valence-electron chi connectivity index (χ2n) is 1.48. The standard InChI is InChI=1S/C4H4ClN3O/c5-4(9)2-1-3(6)8-7-2/h1H,(H3,6,7,8). The van der Waals surface area contributed by atoms with Crippen molar-refractivity contribution >= 4 is 22.7 Å². The number of rotatable bonds is 1. The highest BCUT2D eigenvalue weighted by Crippen LogP contribution is 2.02. The molecule has 0 unspecified atom stereocenters. The SMILES string of the molecule is Nc1cc(C(=O)Cl)[nH]n1. The lowest BCUT2D eigenvalue weighted by molar-refractivity contribution is 0.107. The van der Waals surface area contributed by atoms with Crippen LogP contribution in [0.1, 0.15) is 10.5 Å². The van der Waals surface area contributed by atoms with Gasteiger partial charge in [-0.15, -0.1) is 0 Å². The van der Waals surface area contributed by atoms with E-state index in [-0.39, 0.29) is 11.5 Å². The molecule has 0 saturated carbocycles. The van der Waals surface area contributed by atoms with Crippen molar-refractivity contribution in [3.63, 3.8) is 0 Å². The fraction of sp³-hybridized carbons (Fsp3) is 0. The first kappa shape index (κ1) is 6.10. The van der Waals surface area contributed by atoms with Crippen molar-refractivity contribution < 1.29 is 4.79 Å². The van der Waals surface area contributed by atoms with Gasteiger partial charge in [-0.05, 0) is 11.6 Å². The molecule has 0 radical (unpaired) electrons. The highest BCUT2D eigenvalue weighted by atomic mass is 35.5. The number of anilines is 1. The maximum Gasteiger partial charge on any atom is 0.270 e. The first-order valence-electron chi connectivity index (χ1n) is 2.21. The van der Waals surface area contributed by atoms with E-state index in [9.17, 15) is 4.79 Å². The summed E-state index contributed by atoms with van der Waals surface area (Å²) >= 11 is 5.05. The molecule has 0 fully saturated rings. The van der Waals surface area contributed by atoms with Gasteiger partial charge < -0.3 is 5.73 Å². The van der Waals surface area contributed by atoms with Gasteiger partial charge in [0.05, 0.1) is 0 Å². The first-order chi connectivity index (χ1) is 4.20. The summed E-state index contributed by atoms with van der Waals surface area (Å²) in [7, 11) is 0. The molecule has 0 atom stereocenters. The van der Waals surface area contributed by atoms with Crippen LogP contribution in [0.15, 0.2) is 6.07 Å². The minimum absolute atomic E-state index is 0.217.